The van der Waals surface area contributed by atoms with Gasteiger partial charge in [-0.1, -0.05) is 52.4 Å². The first-order valence-corrected chi connectivity index (χ1v) is 15.0. The van der Waals surface area contributed by atoms with E-state index in [0.29, 0.717) is 16.3 Å². The van der Waals surface area contributed by atoms with Crippen molar-refractivity contribution in [2.45, 2.75) is 39.3 Å². The van der Waals surface area contributed by atoms with E-state index in [1.54, 1.807) is 12.3 Å². The molecule has 0 atom stereocenters. The van der Waals surface area contributed by atoms with Gasteiger partial charge in [-0.2, -0.15) is 5.10 Å². The highest BCUT2D eigenvalue weighted by Crippen LogP contribution is 2.33. The number of alkyl halides is 1. The van der Waals surface area contributed by atoms with E-state index in [4.69, 9.17) is 11.6 Å². The lowest BCUT2D eigenvalue weighted by Gasteiger charge is -2.30. The van der Waals surface area contributed by atoms with Crippen LogP contribution in [0.1, 0.15) is 44.9 Å². The molecule has 204 valence electrons. The van der Waals surface area contributed by atoms with Gasteiger partial charge in [0.1, 0.15) is 5.75 Å². The van der Waals surface area contributed by atoms with E-state index in [-0.39, 0.29) is 5.91 Å². The highest BCUT2D eigenvalue weighted by molar-refractivity contribution is 14.1. The van der Waals surface area contributed by atoms with E-state index in [0.717, 1.165) is 82.8 Å². The third kappa shape index (κ3) is 5.73. The molecule has 0 aliphatic carbocycles. The molecule has 5 rings (SSSR count). The van der Waals surface area contributed by atoms with Crippen LogP contribution in [0.25, 0.3) is 11.3 Å². The van der Waals surface area contributed by atoms with Crippen LogP contribution in [0.3, 0.4) is 0 Å². The molecule has 0 unspecified atom stereocenters. The number of fused-ring (bicyclic) bond motifs is 1. The third-order valence-electron chi connectivity index (χ3n) is 7.70. The monoisotopic (exact) mass is 657 g/mol. The molecular weight excluding hydrogens is 625 g/mol. The van der Waals surface area contributed by atoms with Gasteiger partial charge in [0, 0.05) is 55.7 Å². The number of benzene rings is 2. The molecule has 0 bridgehead atoms. The van der Waals surface area contributed by atoms with Crippen LogP contribution in [-0.4, -0.2) is 41.2 Å². The number of phenolic OH excluding ortho intramolecular Hbond substituents is 1. The Morgan fingerprint density at radius 3 is 2.82 bits per heavy atom. The minimum Gasteiger partial charge on any atom is -0.508 e. The van der Waals surface area contributed by atoms with Crippen LogP contribution in [0.4, 0.5) is 5.69 Å². The fourth-order valence-electron chi connectivity index (χ4n) is 5.42. The smallest absolute Gasteiger partial charge is 0.257 e. The largest absolute Gasteiger partial charge is 0.508 e. The van der Waals surface area contributed by atoms with Crippen molar-refractivity contribution in [1.82, 2.24) is 19.2 Å². The van der Waals surface area contributed by atoms with Gasteiger partial charge in [0.2, 0.25) is 0 Å². The van der Waals surface area contributed by atoms with Crippen molar-refractivity contribution in [3.63, 3.8) is 0 Å². The van der Waals surface area contributed by atoms with Gasteiger partial charge in [-0.15, -0.1) is 0 Å². The number of aromatic nitrogens is 3. The molecule has 2 N–H and O–H groups in total. The summed E-state index contributed by atoms with van der Waals surface area (Å²) < 4.78 is 4.95. The Kier molecular flexibility index (Phi) is 8.35. The zero-order chi connectivity index (χ0) is 27.7. The molecule has 1 amide bonds. The summed E-state index contributed by atoms with van der Waals surface area (Å²) in [6.07, 6.45) is 4.43. The first-order chi connectivity index (χ1) is 18.8. The summed E-state index contributed by atoms with van der Waals surface area (Å²) in [7, 11) is 3.90. The summed E-state index contributed by atoms with van der Waals surface area (Å²) >= 11 is 8.85. The average Bonchev–Trinajstić information content (AvgIpc) is 3.41. The van der Waals surface area contributed by atoms with Crippen LogP contribution in [0.15, 0.2) is 48.7 Å². The van der Waals surface area contributed by atoms with Gasteiger partial charge < -0.3 is 15.0 Å². The predicted octanol–water partition coefficient (Wildman–Crippen LogP) is 6.27. The van der Waals surface area contributed by atoms with Gasteiger partial charge in [0.15, 0.2) is 0 Å². The summed E-state index contributed by atoms with van der Waals surface area (Å²) in [5.41, 5.74) is 8.62. The van der Waals surface area contributed by atoms with Gasteiger partial charge in [-0.25, -0.2) is 0 Å². The van der Waals surface area contributed by atoms with Crippen LogP contribution < -0.4 is 5.32 Å². The van der Waals surface area contributed by atoms with Crippen molar-refractivity contribution in [3.05, 3.63) is 87.3 Å². The average molecular weight is 658 g/mol. The first-order valence-electron chi connectivity index (χ1n) is 13.1. The summed E-state index contributed by atoms with van der Waals surface area (Å²) in [6, 6.07) is 13.7. The van der Waals surface area contributed by atoms with Gasteiger partial charge in [-0.05, 0) is 71.6 Å². The molecule has 39 heavy (non-hydrogen) atoms. The number of phenols is 1. The maximum Gasteiger partial charge on any atom is 0.257 e. The molecule has 0 spiro atoms. The number of carbonyl (C=O) groups is 1. The molecule has 4 aromatic rings. The molecule has 1 aliphatic heterocycles. The molecule has 0 fully saturated rings. The van der Waals surface area contributed by atoms with Crippen LogP contribution in [-0.2, 0) is 40.0 Å². The van der Waals surface area contributed by atoms with Gasteiger partial charge in [-0.3, -0.25) is 14.4 Å². The third-order valence-corrected chi connectivity index (χ3v) is 8.70. The molecule has 0 saturated carbocycles. The van der Waals surface area contributed by atoms with Gasteiger partial charge >= 0.3 is 0 Å². The SMILES string of the molecule is Cc1c(C(=O)Nc2cnn(C)c2CCCI)cc(-c2cc(Cl)ccc2CN2CCc3c(O)cccc3C2)n1C. The summed E-state index contributed by atoms with van der Waals surface area (Å²) in [6.45, 7) is 4.34. The van der Waals surface area contributed by atoms with E-state index in [1.165, 1.54) is 5.56 Å². The number of amides is 1. The lowest BCUT2D eigenvalue weighted by atomic mass is 9.97. The quantitative estimate of drug-likeness (QED) is 0.173. The van der Waals surface area contributed by atoms with E-state index in [9.17, 15) is 9.90 Å². The highest BCUT2D eigenvalue weighted by Gasteiger charge is 2.23. The second-order valence-corrected chi connectivity index (χ2v) is 11.7. The maximum atomic E-state index is 13.5. The fraction of sp³-hybridized carbons (Fsp3) is 0.333. The lowest BCUT2D eigenvalue weighted by molar-refractivity contribution is 0.102. The molecular formula is C30H33ClIN5O2. The van der Waals surface area contributed by atoms with Gasteiger partial charge in [0.25, 0.3) is 5.91 Å². The van der Waals surface area contributed by atoms with Gasteiger partial charge in [0.05, 0.1) is 23.1 Å². The summed E-state index contributed by atoms with van der Waals surface area (Å²) in [5, 5.41) is 18.4. The Labute approximate surface area is 247 Å². The molecule has 7 nitrogen and oxygen atoms in total. The molecule has 3 heterocycles. The number of nitrogens with one attached hydrogen (secondary N) is 1. The van der Waals surface area contributed by atoms with Crippen molar-refractivity contribution in [2.75, 3.05) is 16.3 Å². The van der Waals surface area contributed by atoms with Crippen molar-refractivity contribution >= 4 is 45.8 Å². The van der Waals surface area contributed by atoms with Crippen molar-refractivity contribution < 1.29 is 9.90 Å². The van der Waals surface area contributed by atoms with Crippen LogP contribution in [0, 0.1) is 6.92 Å². The van der Waals surface area contributed by atoms with E-state index in [1.807, 2.05) is 50.0 Å². The maximum absolute atomic E-state index is 13.5. The molecule has 2 aromatic carbocycles. The molecule has 0 radical (unpaired) electrons. The molecule has 2 aromatic heterocycles. The fourth-order valence-corrected chi connectivity index (χ4v) is 5.98. The van der Waals surface area contributed by atoms with Crippen molar-refractivity contribution in [1.29, 1.82) is 0 Å². The Balaban J connectivity index is 1.42. The summed E-state index contributed by atoms with van der Waals surface area (Å²) in [5.74, 6) is 0.238. The number of carbonyl (C=O) groups excluding carboxylic acids is 1. The molecule has 0 saturated heterocycles. The Bertz CT molecular complexity index is 1530. The van der Waals surface area contributed by atoms with Crippen molar-refractivity contribution in [2.24, 2.45) is 14.1 Å². The Morgan fingerprint density at radius 1 is 1.21 bits per heavy atom. The molecule has 1 aliphatic rings. The second kappa shape index (κ2) is 11.7. The standard InChI is InChI=1S/C30H33ClIN5O2/c1-19-24(30(39)34-26-16-33-36(3)27(26)7-5-12-32)15-28(35(19)2)25-14-22(31)10-9-21(25)18-37-13-11-23-20(17-37)6-4-8-29(23)38/h4,6,8-10,14-16,38H,5,7,11-13,17-18H2,1-3H3,(H,34,39). The van der Waals surface area contributed by atoms with E-state index >= 15 is 0 Å². The number of hydrogen-bond donors (Lipinski definition) is 2. The molecule has 9 heteroatoms. The lowest BCUT2D eigenvalue weighted by Crippen LogP contribution is -2.30. The van der Waals surface area contributed by atoms with Crippen LogP contribution >= 0.6 is 34.2 Å². The number of nitrogens with zero attached hydrogens (tertiary/aromatic N) is 4. The zero-order valence-corrected chi connectivity index (χ0v) is 25.4. The predicted molar refractivity (Wildman–Crippen MR) is 165 cm³/mol. The second-order valence-electron chi connectivity index (χ2n) is 10.1. The summed E-state index contributed by atoms with van der Waals surface area (Å²) in [4.78, 5) is 15.8. The minimum absolute atomic E-state index is 0.144. The normalized spacial score (nSPS) is 13.5. The highest BCUT2D eigenvalue weighted by atomic mass is 127. The van der Waals surface area contributed by atoms with E-state index < -0.39 is 0 Å². The van der Waals surface area contributed by atoms with Crippen molar-refractivity contribution in [3.8, 4) is 17.0 Å². The number of aromatic hydroxyl groups is 1. The Morgan fingerprint density at radius 2 is 2.03 bits per heavy atom. The Hall–Kier alpha value is -2.82. The van der Waals surface area contributed by atoms with E-state index in [2.05, 4.69) is 54.6 Å². The number of hydrogen-bond acceptors (Lipinski definition) is 4. The number of aryl methyl sites for hydroxylation is 1. The zero-order valence-electron chi connectivity index (χ0n) is 22.5. The number of halogens is 2. The van der Waals surface area contributed by atoms with Crippen LogP contribution in [0.5, 0.6) is 5.75 Å². The minimum atomic E-state index is -0.144. The number of rotatable bonds is 8. The van der Waals surface area contributed by atoms with Crippen LogP contribution in [0.2, 0.25) is 5.02 Å². The topological polar surface area (TPSA) is 75.3 Å². The number of anilines is 1. The first kappa shape index (κ1) is 27.7.